The summed E-state index contributed by atoms with van der Waals surface area (Å²) >= 11 is 2.09. The Kier molecular flexibility index (Phi) is 4.30. The molecule has 0 bridgehead atoms. The molecular formula is C14H21NS. The van der Waals surface area contributed by atoms with E-state index in [-0.39, 0.29) is 0 Å². The molecule has 0 aliphatic carbocycles. The van der Waals surface area contributed by atoms with Crippen LogP contribution in [0.15, 0.2) is 24.3 Å². The van der Waals surface area contributed by atoms with Gasteiger partial charge in [-0.2, -0.15) is 11.8 Å². The fourth-order valence-corrected chi connectivity index (χ4v) is 3.44. The maximum Gasteiger partial charge on any atom is 0.0168 e. The minimum atomic E-state index is 0.740. The van der Waals surface area contributed by atoms with E-state index in [1.54, 1.807) is 0 Å². The van der Waals surface area contributed by atoms with Crippen LogP contribution >= 0.6 is 11.8 Å². The van der Waals surface area contributed by atoms with Crippen molar-refractivity contribution in [2.24, 2.45) is 0 Å². The summed E-state index contributed by atoms with van der Waals surface area (Å²) < 4.78 is 0. The quantitative estimate of drug-likeness (QED) is 0.861. The highest BCUT2D eigenvalue weighted by atomic mass is 32.2. The third-order valence-electron chi connectivity index (χ3n) is 3.29. The van der Waals surface area contributed by atoms with Crippen LogP contribution in [0.2, 0.25) is 0 Å². The fourth-order valence-electron chi connectivity index (χ4n) is 2.26. The van der Waals surface area contributed by atoms with Crippen molar-refractivity contribution in [1.29, 1.82) is 0 Å². The molecule has 1 aromatic rings. The lowest BCUT2D eigenvalue weighted by Crippen LogP contribution is -2.30. The molecule has 1 aliphatic rings. The molecule has 0 amide bonds. The van der Waals surface area contributed by atoms with E-state index in [9.17, 15) is 0 Å². The van der Waals surface area contributed by atoms with Gasteiger partial charge in [-0.3, -0.25) is 0 Å². The van der Waals surface area contributed by atoms with Crippen LogP contribution in [0.25, 0.3) is 0 Å². The molecule has 2 atom stereocenters. The van der Waals surface area contributed by atoms with E-state index in [1.807, 2.05) is 0 Å². The molecule has 0 saturated carbocycles. The molecule has 0 radical (unpaired) electrons. The Labute approximate surface area is 103 Å². The Hall–Kier alpha value is -0.470. The number of aryl methyl sites for hydroxylation is 1. The molecule has 1 heterocycles. The molecule has 1 aromatic carbocycles. The monoisotopic (exact) mass is 235 g/mol. The first-order chi connectivity index (χ1) is 7.75. The van der Waals surface area contributed by atoms with E-state index in [2.05, 4.69) is 55.2 Å². The lowest BCUT2D eigenvalue weighted by Gasteiger charge is -2.12. The summed E-state index contributed by atoms with van der Waals surface area (Å²) in [5.41, 5.74) is 2.90. The highest BCUT2D eigenvalue weighted by molar-refractivity contribution is 8.00. The second-order valence-corrected chi connectivity index (χ2v) is 6.18. The zero-order chi connectivity index (χ0) is 11.4. The van der Waals surface area contributed by atoms with Crippen molar-refractivity contribution >= 4 is 11.8 Å². The van der Waals surface area contributed by atoms with Crippen molar-refractivity contribution < 1.29 is 0 Å². The van der Waals surface area contributed by atoms with Gasteiger partial charge >= 0.3 is 0 Å². The normalized spacial score (nSPS) is 24.9. The van der Waals surface area contributed by atoms with Crippen LogP contribution < -0.4 is 5.32 Å². The number of rotatable bonds is 4. The predicted octanol–water partition coefficient (Wildman–Crippen LogP) is 3.02. The number of nitrogens with one attached hydrogen (secondary N) is 1. The highest BCUT2D eigenvalue weighted by Crippen LogP contribution is 2.25. The molecular weight excluding hydrogens is 214 g/mol. The maximum atomic E-state index is 3.67. The number of thioether (sulfide) groups is 1. The topological polar surface area (TPSA) is 12.0 Å². The Morgan fingerprint density at radius 3 is 2.88 bits per heavy atom. The molecule has 2 rings (SSSR count). The van der Waals surface area contributed by atoms with Gasteiger partial charge in [-0.05, 0) is 37.4 Å². The first-order valence-electron chi connectivity index (χ1n) is 6.15. The van der Waals surface area contributed by atoms with Crippen LogP contribution in [0.3, 0.4) is 0 Å². The van der Waals surface area contributed by atoms with E-state index in [1.165, 1.54) is 23.3 Å². The van der Waals surface area contributed by atoms with Gasteiger partial charge in [0.05, 0.1) is 0 Å². The zero-order valence-electron chi connectivity index (χ0n) is 10.2. The van der Waals surface area contributed by atoms with Crippen LogP contribution in [-0.2, 0) is 6.42 Å². The Morgan fingerprint density at radius 2 is 2.19 bits per heavy atom. The van der Waals surface area contributed by atoms with E-state index < -0.39 is 0 Å². The number of hydrogen-bond acceptors (Lipinski definition) is 2. The molecule has 0 aromatic heterocycles. The Bertz CT molecular complexity index is 337. The van der Waals surface area contributed by atoms with Gasteiger partial charge in [0.1, 0.15) is 0 Å². The summed E-state index contributed by atoms with van der Waals surface area (Å²) in [6.07, 6.45) is 2.49. The summed E-state index contributed by atoms with van der Waals surface area (Å²) in [7, 11) is 0. The van der Waals surface area contributed by atoms with Gasteiger partial charge in [-0.25, -0.2) is 0 Å². The first-order valence-corrected chi connectivity index (χ1v) is 7.20. The number of hydrogen-bond donors (Lipinski definition) is 1. The molecule has 1 aliphatic heterocycles. The van der Waals surface area contributed by atoms with E-state index in [0.29, 0.717) is 0 Å². The molecule has 1 nitrogen and oxygen atoms in total. The lowest BCUT2D eigenvalue weighted by atomic mass is 10.1. The molecule has 2 heteroatoms. The van der Waals surface area contributed by atoms with Crippen molar-refractivity contribution in [2.45, 2.75) is 38.0 Å². The molecule has 0 spiro atoms. The van der Waals surface area contributed by atoms with Gasteiger partial charge in [0.15, 0.2) is 0 Å². The van der Waals surface area contributed by atoms with Gasteiger partial charge < -0.3 is 5.32 Å². The fraction of sp³-hybridized carbons (Fsp3) is 0.571. The molecule has 16 heavy (non-hydrogen) atoms. The van der Waals surface area contributed by atoms with E-state index in [0.717, 1.165) is 24.3 Å². The van der Waals surface area contributed by atoms with Crippen LogP contribution in [0, 0.1) is 6.92 Å². The second-order valence-electron chi connectivity index (χ2n) is 4.71. The zero-order valence-corrected chi connectivity index (χ0v) is 11.0. The standard InChI is InChI=1S/C14H21NS/c1-11-5-3-4-6-13(11)7-8-15-14-9-12(2)16-10-14/h3-6,12,14-15H,7-10H2,1-2H3. The predicted molar refractivity (Wildman–Crippen MR) is 73.2 cm³/mol. The maximum absolute atomic E-state index is 3.67. The first kappa shape index (κ1) is 12.0. The average molecular weight is 235 g/mol. The van der Waals surface area contributed by atoms with Gasteiger partial charge in [0.2, 0.25) is 0 Å². The van der Waals surface area contributed by atoms with Crippen LogP contribution in [0.5, 0.6) is 0 Å². The summed E-state index contributed by atoms with van der Waals surface area (Å²) in [5.74, 6) is 1.29. The second kappa shape index (κ2) is 5.74. The van der Waals surface area contributed by atoms with Gasteiger partial charge in [0, 0.05) is 17.0 Å². The van der Waals surface area contributed by atoms with E-state index >= 15 is 0 Å². The Morgan fingerprint density at radius 1 is 1.38 bits per heavy atom. The third-order valence-corrected chi connectivity index (χ3v) is 4.64. The van der Waals surface area contributed by atoms with Crippen molar-refractivity contribution in [2.75, 3.05) is 12.3 Å². The average Bonchev–Trinajstić information content (AvgIpc) is 2.67. The molecule has 1 fully saturated rings. The molecule has 2 unspecified atom stereocenters. The largest absolute Gasteiger partial charge is 0.313 e. The molecule has 1 N–H and O–H groups in total. The lowest BCUT2D eigenvalue weighted by molar-refractivity contribution is 0.541. The number of benzene rings is 1. The van der Waals surface area contributed by atoms with Crippen molar-refractivity contribution in [3.8, 4) is 0 Å². The molecule has 1 saturated heterocycles. The van der Waals surface area contributed by atoms with Gasteiger partial charge in [-0.15, -0.1) is 0 Å². The van der Waals surface area contributed by atoms with Crippen LogP contribution in [0.1, 0.15) is 24.5 Å². The van der Waals surface area contributed by atoms with Gasteiger partial charge in [0.25, 0.3) is 0 Å². The highest BCUT2D eigenvalue weighted by Gasteiger charge is 2.20. The minimum Gasteiger partial charge on any atom is -0.313 e. The van der Waals surface area contributed by atoms with Crippen molar-refractivity contribution in [1.82, 2.24) is 5.32 Å². The summed E-state index contributed by atoms with van der Waals surface area (Å²) in [6, 6.07) is 9.42. The molecule has 88 valence electrons. The summed E-state index contributed by atoms with van der Waals surface area (Å²) in [4.78, 5) is 0. The van der Waals surface area contributed by atoms with Crippen LogP contribution in [-0.4, -0.2) is 23.6 Å². The third kappa shape index (κ3) is 3.26. The smallest absolute Gasteiger partial charge is 0.0168 e. The summed E-state index contributed by atoms with van der Waals surface area (Å²) in [6.45, 7) is 5.64. The van der Waals surface area contributed by atoms with Crippen molar-refractivity contribution in [3.05, 3.63) is 35.4 Å². The van der Waals surface area contributed by atoms with Crippen LogP contribution in [0.4, 0.5) is 0 Å². The van der Waals surface area contributed by atoms with E-state index in [4.69, 9.17) is 0 Å². The SMILES string of the molecule is Cc1ccccc1CCNC1CSC(C)C1. The summed E-state index contributed by atoms with van der Waals surface area (Å²) in [5, 5.41) is 4.51. The van der Waals surface area contributed by atoms with Gasteiger partial charge in [-0.1, -0.05) is 31.2 Å². The van der Waals surface area contributed by atoms with Crippen molar-refractivity contribution in [3.63, 3.8) is 0 Å². The minimum absolute atomic E-state index is 0.740. The Balaban J connectivity index is 1.74.